The Labute approximate surface area is 155 Å². The highest BCUT2D eigenvalue weighted by Gasteiger charge is 2.39. The maximum Gasteiger partial charge on any atom is 0.219 e. The van der Waals surface area contributed by atoms with Crippen molar-refractivity contribution >= 4 is 5.91 Å². The Kier molecular flexibility index (Phi) is 6.16. The topological polar surface area (TPSA) is 62.2 Å². The summed E-state index contributed by atoms with van der Waals surface area (Å²) in [6.07, 6.45) is 1.93. The molecule has 0 radical (unpaired) electrons. The fourth-order valence-electron chi connectivity index (χ4n) is 3.76. The van der Waals surface area contributed by atoms with Gasteiger partial charge >= 0.3 is 0 Å². The lowest BCUT2D eigenvalue weighted by Gasteiger charge is -2.37. The highest BCUT2D eigenvalue weighted by Crippen LogP contribution is 2.23. The first-order chi connectivity index (χ1) is 12.5. The van der Waals surface area contributed by atoms with Gasteiger partial charge in [-0.1, -0.05) is 17.7 Å². The molecule has 2 heterocycles. The second kappa shape index (κ2) is 8.37. The lowest BCUT2D eigenvalue weighted by atomic mass is 10.0. The molecule has 1 aromatic rings. The van der Waals surface area contributed by atoms with Crippen molar-refractivity contribution < 1.29 is 19.4 Å². The number of benzene rings is 1. The summed E-state index contributed by atoms with van der Waals surface area (Å²) in [6, 6.07) is 8.19. The SMILES string of the molecule is CC(=O)N1CCN(C2CCOCC2)C[C@@](O)(COc2ccc(C)cc2)C1. The van der Waals surface area contributed by atoms with Crippen molar-refractivity contribution in [3.8, 4) is 5.75 Å². The van der Waals surface area contributed by atoms with Gasteiger partial charge in [-0.3, -0.25) is 9.69 Å². The molecule has 2 fully saturated rings. The van der Waals surface area contributed by atoms with Crippen molar-refractivity contribution in [3.63, 3.8) is 0 Å². The molecule has 0 aromatic heterocycles. The number of amides is 1. The second-order valence-corrected chi connectivity index (χ2v) is 7.58. The summed E-state index contributed by atoms with van der Waals surface area (Å²) in [6.45, 7) is 7.49. The Hall–Kier alpha value is -1.63. The average molecular weight is 362 g/mol. The van der Waals surface area contributed by atoms with Crippen molar-refractivity contribution in [2.45, 2.75) is 38.3 Å². The molecule has 0 spiro atoms. The van der Waals surface area contributed by atoms with Crippen molar-refractivity contribution in [2.24, 2.45) is 0 Å². The molecule has 1 N–H and O–H groups in total. The summed E-state index contributed by atoms with van der Waals surface area (Å²) in [5.41, 5.74) is 0.0738. The number of nitrogens with zero attached hydrogens (tertiary/aromatic N) is 2. The molecule has 6 heteroatoms. The molecule has 0 bridgehead atoms. The number of rotatable bonds is 4. The molecule has 6 nitrogen and oxygen atoms in total. The Morgan fingerprint density at radius 3 is 2.58 bits per heavy atom. The molecule has 2 saturated heterocycles. The molecule has 1 aromatic carbocycles. The molecule has 1 amide bonds. The van der Waals surface area contributed by atoms with Crippen molar-refractivity contribution in [1.82, 2.24) is 9.80 Å². The van der Waals surface area contributed by atoms with Gasteiger partial charge in [-0.15, -0.1) is 0 Å². The van der Waals surface area contributed by atoms with E-state index < -0.39 is 5.60 Å². The quantitative estimate of drug-likeness (QED) is 0.878. The van der Waals surface area contributed by atoms with Gasteiger partial charge < -0.3 is 19.5 Å². The van der Waals surface area contributed by atoms with Gasteiger partial charge in [0.15, 0.2) is 0 Å². The Bertz CT molecular complexity index is 600. The molecular formula is C20H30N2O4. The van der Waals surface area contributed by atoms with Crippen molar-refractivity contribution in [3.05, 3.63) is 29.8 Å². The number of carbonyl (C=O) groups excluding carboxylic acids is 1. The summed E-state index contributed by atoms with van der Waals surface area (Å²) < 4.78 is 11.4. The maximum atomic E-state index is 12.0. The zero-order valence-corrected chi connectivity index (χ0v) is 15.8. The van der Waals surface area contributed by atoms with Crippen LogP contribution < -0.4 is 4.74 Å². The number of hydrogen-bond donors (Lipinski definition) is 1. The minimum atomic E-state index is -1.09. The number of aryl methyl sites for hydroxylation is 1. The first kappa shape index (κ1) is 19.1. The lowest BCUT2D eigenvalue weighted by molar-refractivity contribution is -0.132. The molecule has 0 unspecified atom stereocenters. The monoisotopic (exact) mass is 362 g/mol. The van der Waals surface area contributed by atoms with E-state index in [1.165, 1.54) is 5.56 Å². The summed E-state index contributed by atoms with van der Waals surface area (Å²) in [4.78, 5) is 16.0. The number of aliphatic hydroxyl groups is 1. The number of carbonyl (C=O) groups is 1. The van der Waals surface area contributed by atoms with E-state index in [-0.39, 0.29) is 12.5 Å². The molecule has 3 rings (SSSR count). The summed E-state index contributed by atoms with van der Waals surface area (Å²) in [5, 5.41) is 11.3. The smallest absolute Gasteiger partial charge is 0.219 e. The predicted molar refractivity (Wildman–Crippen MR) is 99.3 cm³/mol. The van der Waals surface area contributed by atoms with E-state index in [0.29, 0.717) is 25.7 Å². The van der Waals surface area contributed by atoms with Gasteiger partial charge in [-0.05, 0) is 31.9 Å². The third kappa shape index (κ3) is 4.96. The first-order valence-corrected chi connectivity index (χ1v) is 9.44. The van der Waals surface area contributed by atoms with Crippen LogP contribution in [0, 0.1) is 6.92 Å². The van der Waals surface area contributed by atoms with Crippen molar-refractivity contribution in [1.29, 1.82) is 0 Å². The molecule has 2 aliphatic heterocycles. The van der Waals surface area contributed by atoms with Gasteiger partial charge in [-0.25, -0.2) is 0 Å². The van der Waals surface area contributed by atoms with Crippen LogP contribution in [0.25, 0.3) is 0 Å². The maximum absolute atomic E-state index is 12.0. The standard InChI is InChI=1S/C20H30N2O4/c1-16-3-5-19(6-4-16)26-15-20(24)13-21(17(2)23)9-10-22(14-20)18-7-11-25-12-8-18/h3-6,18,24H,7-15H2,1-2H3/t20-/m1/s1. The zero-order chi connectivity index (χ0) is 18.6. The average Bonchev–Trinajstić information content (AvgIpc) is 2.82. The second-order valence-electron chi connectivity index (χ2n) is 7.58. The van der Waals surface area contributed by atoms with E-state index in [2.05, 4.69) is 4.90 Å². The normalized spacial score (nSPS) is 25.7. The van der Waals surface area contributed by atoms with Gasteiger partial charge in [0.1, 0.15) is 18.0 Å². The van der Waals surface area contributed by atoms with E-state index >= 15 is 0 Å². The molecule has 144 valence electrons. The Morgan fingerprint density at radius 2 is 1.92 bits per heavy atom. The Balaban J connectivity index is 1.71. The fourth-order valence-corrected chi connectivity index (χ4v) is 3.76. The molecule has 0 saturated carbocycles. The fraction of sp³-hybridized carbons (Fsp3) is 0.650. The first-order valence-electron chi connectivity index (χ1n) is 9.44. The van der Waals surface area contributed by atoms with E-state index in [1.54, 1.807) is 11.8 Å². The Morgan fingerprint density at radius 1 is 1.23 bits per heavy atom. The van der Waals surface area contributed by atoms with Crippen LogP contribution in [0.4, 0.5) is 0 Å². The van der Waals surface area contributed by atoms with Crippen LogP contribution in [0.1, 0.15) is 25.3 Å². The van der Waals surface area contributed by atoms with E-state index in [4.69, 9.17) is 9.47 Å². The van der Waals surface area contributed by atoms with Gasteiger partial charge in [0.05, 0.1) is 6.54 Å². The summed E-state index contributed by atoms with van der Waals surface area (Å²) in [5.74, 6) is 0.729. The highest BCUT2D eigenvalue weighted by molar-refractivity contribution is 5.73. The van der Waals surface area contributed by atoms with Crippen LogP contribution in [0.3, 0.4) is 0 Å². The minimum Gasteiger partial charge on any atom is -0.490 e. The van der Waals surface area contributed by atoms with Crippen LogP contribution in [0.2, 0.25) is 0 Å². The zero-order valence-electron chi connectivity index (χ0n) is 15.8. The number of hydrogen-bond acceptors (Lipinski definition) is 5. The van der Waals surface area contributed by atoms with Crippen LogP contribution in [0.5, 0.6) is 5.75 Å². The van der Waals surface area contributed by atoms with Gasteiger partial charge in [0.25, 0.3) is 0 Å². The summed E-state index contributed by atoms with van der Waals surface area (Å²) in [7, 11) is 0. The molecule has 26 heavy (non-hydrogen) atoms. The van der Waals surface area contributed by atoms with Gasteiger partial charge in [-0.2, -0.15) is 0 Å². The highest BCUT2D eigenvalue weighted by atomic mass is 16.5. The van der Waals surface area contributed by atoms with Crippen LogP contribution >= 0.6 is 0 Å². The molecular weight excluding hydrogens is 332 g/mol. The van der Waals surface area contributed by atoms with Crippen LogP contribution in [-0.4, -0.2) is 78.5 Å². The van der Waals surface area contributed by atoms with Gasteiger partial charge in [0.2, 0.25) is 5.91 Å². The molecule has 0 aliphatic carbocycles. The minimum absolute atomic E-state index is 0.00686. The van der Waals surface area contributed by atoms with Crippen LogP contribution in [-0.2, 0) is 9.53 Å². The third-order valence-electron chi connectivity index (χ3n) is 5.32. The number of ether oxygens (including phenoxy) is 2. The molecule has 1 atom stereocenters. The van der Waals surface area contributed by atoms with E-state index in [1.807, 2.05) is 31.2 Å². The molecule has 2 aliphatic rings. The number of β-amino-alcohol motifs (C(OH)–C–C–N with tert-alkyl or cyclic N) is 1. The van der Waals surface area contributed by atoms with Crippen LogP contribution in [0.15, 0.2) is 24.3 Å². The summed E-state index contributed by atoms with van der Waals surface area (Å²) >= 11 is 0. The largest absolute Gasteiger partial charge is 0.490 e. The predicted octanol–water partition coefficient (Wildman–Crippen LogP) is 1.45. The third-order valence-corrected chi connectivity index (χ3v) is 5.32. The van der Waals surface area contributed by atoms with Gasteiger partial charge in [0, 0.05) is 45.8 Å². The van der Waals surface area contributed by atoms with Crippen molar-refractivity contribution in [2.75, 3.05) is 46.0 Å². The lowest BCUT2D eigenvalue weighted by Crippen LogP contribution is -2.53. The van der Waals surface area contributed by atoms with E-state index in [0.717, 1.165) is 38.3 Å². The van der Waals surface area contributed by atoms with E-state index in [9.17, 15) is 9.90 Å².